The number of piperazine rings is 1. The minimum absolute atomic E-state index is 0. The fraction of sp³-hybridized carbons (Fsp3) is 0.769. The Morgan fingerprint density at radius 1 is 1.30 bits per heavy atom. The maximum absolute atomic E-state index is 4.55. The second kappa shape index (κ2) is 8.51. The molecule has 1 aromatic heterocycles. The maximum Gasteiger partial charge on any atom is 0.107 e. The average Bonchev–Trinajstić information content (AvgIpc) is 3.02. The zero-order valence-corrected chi connectivity index (χ0v) is 14.3. The lowest BCUT2D eigenvalue weighted by molar-refractivity contribution is 0.0980. The molecule has 3 heterocycles. The third-order valence-corrected chi connectivity index (χ3v) is 4.93. The van der Waals surface area contributed by atoms with Gasteiger partial charge in [-0.15, -0.1) is 36.2 Å². The molecule has 116 valence electrons. The molecule has 0 aliphatic carbocycles. The minimum atomic E-state index is 0. The van der Waals surface area contributed by atoms with Crippen molar-refractivity contribution < 1.29 is 0 Å². The van der Waals surface area contributed by atoms with Gasteiger partial charge < -0.3 is 5.32 Å². The highest BCUT2D eigenvalue weighted by molar-refractivity contribution is 7.09. The van der Waals surface area contributed by atoms with Crippen LogP contribution in [-0.2, 0) is 6.54 Å². The van der Waals surface area contributed by atoms with Crippen molar-refractivity contribution in [3.8, 4) is 0 Å². The highest BCUT2D eigenvalue weighted by atomic mass is 35.5. The third kappa shape index (κ3) is 4.55. The first-order valence-corrected chi connectivity index (χ1v) is 7.77. The Labute approximate surface area is 137 Å². The molecule has 0 amide bonds. The van der Waals surface area contributed by atoms with Crippen LogP contribution in [0.3, 0.4) is 0 Å². The number of aromatic nitrogens is 1. The molecule has 2 fully saturated rings. The van der Waals surface area contributed by atoms with Gasteiger partial charge in [0, 0.05) is 49.8 Å². The van der Waals surface area contributed by atoms with Crippen LogP contribution >= 0.6 is 36.2 Å². The van der Waals surface area contributed by atoms with E-state index in [1.165, 1.54) is 50.7 Å². The summed E-state index contributed by atoms with van der Waals surface area (Å²) in [7, 11) is 0. The van der Waals surface area contributed by atoms with Gasteiger partial charge in [-0.25, -0.2) is 4.98 Å². The van der Waals surface area contributed by atoms with E-state index < -0.39 is 0 Å². The second-order valence-corrected chi connectivity index (χ2v) is 6.28. The van der Waals surface area contributed by atoms with Crippen LogP contribution < -0.4 is 5.32 Å². The highest BCUT2D eigenvalue weighted by Crippen LogP contribution is 2.15. The van der Waals surface area contributed by atoms with E-state index in [1.807, 2.05) is 0 Å². The van der Waals surface area contributed by atoms with E-state index in [0.29, 0.717) is 0 Å². The number of thiazole rings is 1. The minimum Gasteiger partial charge on any atom is -0.315 e. The molecule has 2 aliphatic heterocycles. The number of nitrogens with one attached hydrogen (secondary N) is 1. The summed E-state index contributed by atoms with van der Waals surface area (Å²) in [5.41, 5.74) is 1.16. The first kappa shape index (κ1) is 18.1. The van der Waals surface area contributed by atoms with Gasteiger partial charge in [-0.2, -0.15) is 0 Å². The summed E-state index contributed by atoms with van der Waals surface area (Å²) in [5.74, 6) is 0. The molecule has 7 heteroatoms. The lowest BCUT2D eigenvalue weighted by Crippen LogP contribution is -2.50. The van der Waals surface area contributed by atoms with Crippen LogP contribution in [0.25, 0.3) is 0 Å². The summed E-state index contributed by atoms with van der Waals surface area (Å²) in [6.45, 7) is 10.3. The molecule has 1 N–H and O–H groups in total. The SMILES string of the molecule is Cc1csc(CN2CCN(C3CCNC3)CC2)n1.Cl.Cl. The molecule has 1 atom stereocenters. The van der Waals surface area contributed by atoms with E-state index in [2.05, 4.69) is 32.4 Å². The quantitative estimate of drug-likeness (QED) is 0.910. The number of rotatable bonds is 3. The zero-order valence-electron chi connectivity index (χ0n) is 11.9. The van der Waals surface area contributed by atoms with Crippen molar-refractivity contribution in [3.05, 3.63) is 16.1 Å². The Morgan fingerprint density at radius 2 is 2.05 bits per heavy atom. The number of halogens is 2. The molecule has 0 bridgehead atoms. The van der Waals surface area contributed by atoms with Gasteiger partial charge in [0.2, 0.25) is 0 Å². The Balaban J connectivity index is 0.000001000. The third-order valence-electron chi connectivity index (χ3n) is 3.98. The van der Waals surface area contributed by atoms with E-state index in [-0.39, 0.29) is 24.8 Å². The van der Waals surface area contributed by atoms with Crippen molar-refractivity contribution in [1.82, 2.24) is 20.1 Å². The zero-order chi connectivity index (χ0) is 12.4. The van der Waals surface area contributed by atoms with Crippen LogP contribution in [-0.4, -0.2) is 60.1 Å². The summed E-state index contributed by atoms with van der Waals surface area (Å²) in [6, 6.07) is 0.786. The molecule has 2 aliphatic rings. The largest absolute Gasteiger partial charge is 0.315 e. The molecule has 2 saturated heterocycles. The average molecular weight is 339 g/mol. The van der Waals surface area contributed by atoms with Crippen molar-refractivity contribution in [2.24, 2.45) is 0 Å². The molecule has 20 heavy (non-hydrogen) atoms. The van der Waals surface area contributed by atoms with Gasteiger partial charge in [-0.1, -0.05) is 0 Å². The van der Waals surface area contributed by atoms with Gasteiger partial charge >= 0.3 is 0 Å². The number of nitrogens with zero attached hydrogens (tertiary/aromatic N) is 3. The summed E-state index contributed by atoms with van der Waals surface area (Å²) in [4.78, 5) is 9.75. The van der Waals surface area contributed by atoms with Crippen molar-refractivity contribution in [1.29, 1.82) is 0 Å². The van der Waals surface area contributed by atoms with Crippen molar-refractivity contribution in [2.75, 3.05) is 39.3 Å². The van der Waals surface area contributed by atoms with E-state index >= 15 is 0 Å². The number of hydrogen-bond acceptors (Lipinski definition) is 5. The van der Waals surface area contributed by atoms with E-state index in [0.717, 1.165) is 18.3 Å². The van der Waals surface area contributed by atoms with Crippen molar-refractivity contribution in [2.45, 2.75) is 25.9 Å². The van der Waals surface area contributed by atoms with Crippen LogP contribution in [0.2, 0.25) is 0 Å². The van der Waals surface area contributed by atoms with Crippen LogP contribution in [0.4, 0.5) is 0 Å². The summed E-state index contributed by atoms with van der Waals surface area (Å²) in [5, 5.41) is 6.88. The maximum atomic E-state index is 4.55. The first-order valence-electron chi connectivity index (χ1n) is 6.89. The molecule has 0 saturated carbocycles. The van der Waals surface area contributed by atoms with Gasteiger partial charge in [-0.3, -0.25) is 9.80 Å². The lowest BCUT2D eigenvalue weighted by atomic mass is 10.2. The van der Waals surface area contributed by atoms with Gasteiger partial charge in [0.15, 0.2) is 0 Å². The van der Waals surface area contributed by atoms with Gasteiger partial charge in [0.25, 0.3) is 0 Å². The van der Waals surface area contributed by atoms with Gasteiger partial charge in [0.05, 0.1) is 6.54 Å². The summed E-state index contributed by atoms with van der Waals surface area (Å²) < 4.78 is 0. The van der Waals surface area contributed by atoms with Crippen LogP contribution in [0, 0.1) is 6.92 Å². The number of hydrogen-bond donors (Lipinski definition) is 1. The Morgan fingerprint density at radius 3 is 2.60 bits per heavy atom. The van der Waals surface area contributed by atoms with Gasteiger partial charge in [-0.05, 0) is 19.9 Å². The highest BCUT2D eigenvalue weighted by Gasteiger charge is 2.26. The van der Waals surface area contributed by atoms with E-state index in [9.17, 15) is 0 Å². The monoisotopic (exact) mass is 338 g/mol. The second-order valence-electron chi connectivity index (χ2n) is 5.34. The molecule has 0 spiro atoms. The molecule has 0 radical (unpaired) electrons. The standard InChI is InChI=1S/C13H22N4S.2ClH/c1-11-10-18-13(15-11)9-16-4-6-17(7-5-16)12-2-3-14-8-12;;/h10,12,14H,2-9H2,1H3;2*1H. The van der Waals surface area contributed by atoms with E-state index in [1.54, 1.807) is 11.3 Å². The van der Waals surface area contributed by atoms with E-state index in [4.69, 9.17) is 0 Å². The van der Waals surface area contributed by atoms with Gasteiger partial charge in [0.1, 0.15) is 5.01 Å². The fourth-order valence-electron chi connectivity index (χ4n) is 2.90. The molecule has 3 rings (SSSR count). The molecule has 1 aromatic rings. The Hall–Kier alpha value is 0.0900. The fourth-order valence-corrected chi connectivity index (χ4v) is 3.72. The van der Waals surface area contributed by atoms with Crippen molar-refractivity contribution >= 4 is 36.2 Å². The normalized spacial score (nSPS) is 24.1. The molecular formula is C13H24Cl2N4S. The topological polar surface area (TPSA) is 31.4 Å². The Kier molecular flexibility index (Phi) is 7.72. The first-order chi connectivity index (χ1) is 8.81. The van der Waals surface area contributed by atoms with Crippen LogP contribution in [0.1, 0.15) is 17.1 Å². The van der Waals surface area contributed by atoms with Crippen LogP contribution in [0.15, 0.2) is 5.38 Å². The smallest absolute Gasteiger partial charge is 0.107 e. The summed E-state index contributed by atoms with van der Waals surface area (Å²) >= 11 is 1.79. The predicted octanol–water partition coefficient (Wildman–Crippen LogP) is 1.77. The predicted molar refractivity (Wildman–Crippen MR) is 89.5 cm³/mol. The van der Waals surface area contributed by atoms with Crippen LogP contribution in [0.5, 0.6) is 0 Å². The molecule has 0 aromatic carbocycles. The Bertz CT molecular complexity index is 387. The lowest BCUT2D eigenvalue weighted by Gasteiger charge is -2.37. The molecular weight excluding hydrogens is 315 g/mol. The summed E-state index contributed by atoms with van der Waals surface area (Å²) in [6.07, 6.45) is 1.33. The molecule has 1 unspecified atom stereocenters. The molecule has 4 nitrogen and oxygen atoms in total. The number of aryl methyl sites for hydroxylation is 1. The van der Waals surface area contributed by atoms with Crippen molar-refractivity contribution in [3.63, 3.8) is 0 Å².